The Morgan fingerprint density at radius 2 is 1.61 bits per heavy atom. The van der Waals surface area contributed by atoms with Gasteiger partial charge in [0.2, 0.25) is 0 Å². The standard InChI is InChI=1S/C30H41N7O/c38-29(24(18-27-31-11-12-32-27)19-28-33-13-14-34-28)23-6-7-25(35-20-23)21-36-15-8-30(22-36)9-16-37(17-10-30)26-4-2-1-3-5-26/h6-7,11-14,20,24,26H,1-5,8-10,15-19,21-22H2,(H,31,32)(H,33,34). The predicted octanol–water partition coefficient (Wildman–Crippen LogP) is 4.43. The van der Waals surface area contributed by atoms with Gasteiger partial charge in [-0.25, -0.2) is 9.97 Å². The van der Waals surface area contributed by atoms with Crippen LogP contribution in [-0.2, 0) is 19.4 Å². The summed E-state index contributed by atoms with van der Waals surface area (Å²) in [5, 5.41) is 0. The van der Waals surface area contributed by atoms with E-state index in [2.05, 4.69) is 29.7 Å². The third kappa shape index (κ3) is 5.91. The Hall–Kier alpha value is -2.84. The molecule has 2 N–H and O–H groups in total. The van der Waals surface area contributed by atoms with Gasteiger partial charge in [-0.15, -0.1) is 0 Å². The van der Waals surface area contributed by atoms with Crippen molar-refractivity contribution < 1.29 is 4.79 Å². The van der Waals surface area contributed by atoms with Crippen molar-refractivity contribution in [3.63, 3.8) is 0 Å². The number of aromatic amines is 2. The molecule has 0 amide bonds. The SMILES string of the molecule is O=C(c1ccc(CN2CCC3(CCN(C4CCCCC4)CC3)C2)nc1)C(Cc1ncc[nH]1)Cc1ncc[nH]1. The maximum atomic E-state index is 13.5. The van der Waals surface area contributed by atoms with Crippen molar-refractivity contribution in [2.75, 3.05) is 26.2 Å². The molecule has 1 spiro atoms. The molecular weight excluding hydrogens is 474 g/mol. The molecule has 0 bridgehead atoms. The number of nitrogens with one attached hydrogen (secondary N) is 2. The summed E-state index contributed by atoms with van der Waals surface area (Å²) in [6.07, 6.45) is 21.0. The van der Waals surface area contributed by atoms with Crippen LogP contribution in [0.15, 0.2) is 43.1 Å². The van der Waals surface area contributed by atoms with Crippen LogP contribution in [0.5, 0.6) is 0 Å². The first-order valence-electron chi connectivity index (χ1n) is 14.6. The summed E-state index contributed by atoms with van der Waals surface area (Å²) in [7, 11) is 0. The Labute approximate surface area is 225 Å². The predicted molar refractivity (Wildman–Crippen MR) is 147 cm³/mol. The number of imidazole rings is 2. The number of carbonyl (C=O) groups excluding carboxylic acids is 1. The molecule has 3 aromatic heterocycles. The summed E-state index contributed by atoms with van der Waals surface area (Å²) in [5.74, 6) is 1.46. The number of piperidine rings is 1. The highest BCUT2D eigenvalue weighted by molar-refractivity contribution is 5.97. The molecule has 202 valence electrons. The average molecular weight is 516 g/mol. The molecular formula is C30H41N7O. The summed E-state index contributed by atoms with van der Waals surface area (Å²) >= 11 is 0. The Kier molecular flexibility index (Phi) is 7.70. The smallest absolute Gasteiger partial charge is 0.168 e. The van der Waals surface area contributed by atoms with Crippen LogP contribution in [0.4, 0.5) is 0 Å². The van der Waals surface area contributed by atoms with E-state index in [0.29, 0.717) is 23.8 Å². The number of nitrogens with zero attached hydrogens (tertiary/aromatic N) is 5. The molecule has 1 aliphatic carbocycles. The molecule has 2 aliphatic heterocycles. The minimum Gasteiger partial charge on any atom is -0.349 e. The first-order chi connectivity index (χ1) is 18.7. The lowest BCUT2D eigenvalue weighted by atomic mass is 9.77. The summed E-state index contributed by atoms with van der Waals surface area (Å²) < 4.78 is 0. The Morgan fingerprint density at radius 3 is 2.21 bits per heavy atom. The molecule has 8 heteroatoms. The van der Waals surface area contributed by atoms with E-state index in [1.165, 1.54) is 71.0 Å². The second-order valence-electron chi connectivity index (χ2n) is 11.9. The van der Waals surface area contributed by atoms with E-state index < -0.39 is 0 Å². The molecule has 0 unspecified atom stereocenters. The lowest BCUT2D eigenvalue weighted by Gasteiger charge is -2.43. The topological polar surface area (TPSA) is 93.8 Å². The summed E-state index contributed by atoms with van der Waals surface area (Å²) in [4.78, 5) is 38.5. The quantitative estimate of drug-likeness (QED) is 0.410. The number of rotatable bonds is 9. The number of ketones is 1. The monoisotopic (exact) mass is 515 g/mol. The van der Waals surface area contributed by atoms with Gasteiger partial charge in [-0.05, 0) is 69.3 Å². The van der Waals surface area contributed by atoms with Crippen molar-refractivity contribution in [1.82, 2.24) is 34.7 Å². The van der Waals surface area contributed by atoms with Gasteiger partial charge in [-0.3, -0.25) is 14.7 Å². The minimum atomic E-state index is -0.252. The van der Waals surface area contributed by atoms with Crippen LogP contribution in [-0.4, -0.2) is 72.7 Å². The molecule has 0 atom stereocenters. The van der Waals surface area contributed by atoms with Crippen LogP contribution in [0, 0.1) is 11.3 Å². The van der Waals surface area contributed by atoms with Gasteiger partial charge in [0.25, 0.3) is 0 Å². The second-order valence-corrected chi connectivity index (χ2v) is 11.9. The van der Waals surface area contributed by atoms with Gasteiger partial charge in [-0.2, -0.15) is 0 Å². The molecule has 3 aliphatic rings. The first-order valence-corrected chi connectivity index (χ1v) is 14.6. The van der Waals surface area contributed by atoms with E-state index >= 15 is 0 Å². The zero-order valence-electron chi connectivity index (χ0n) is 22.4. The van der Waals surface area contributed by atoms with E-state index in [1.54, 1.807) is 31.0 Å². The largest absolute Gasteiger partial charge is 0.349 e. The molecule has 3 aromatic rings. The molecule has 2 saturated heterocycles. The number of aromatic nitrogens is 5. The number of Topliss-reactive ketones (excluding diaryl/α,β-unsaturated/α-hetero) is 1. The number of hydrogen-bond acceptors (Lipinski definition) is 6. The molecule has 0 radical (unpaired) electrons. The van der Waals surface area contributed by atoms with Crippen LogP contribution >= 0.6 is 0 Å². The third-order valence-electron chi connectivity index (χ3n) is 9.32. The highest BCUT2D eigenvalue weighted by atomic mass is 16.1. The molecule has 3 fully saturated rings. The van der Waals surface area contributed by atoms with Crippen molar-refractivity contribution in [3.8, 4) is 0 Å². The van der Waals surface area contributed by atoms with Crippen molar-refractivity contribution in [3.05, 3.63) is 66.0 Å². The number of pyridine rings is 1. The molecule has 0 aromatic carbocycles. The van der Waals surface area contributed by atoms with E-state index in [-0.39, 0.29) is 11.7 Å². The van der Waals surface area contributed by atoms with Crippen molar-refractivity contribution in [2.45, 2.75) is 76.8 Å². The normalized spacial score (nSPS) is 21.0. The van der Waals surface area contributed by atoms with Crippen LogP contribution < -0.4 is 0 Å². The fraction of sp³-hybridized carbons (Fsp3) is 0.600. The number of H-pyrrole nitrogens is 2. The van der Waals surface area contributed by atoms with Gasteiger partial charge in [0, 0.05) is 74.4 Å². The Balaban J connectivity index is 1.04. The highest BCUT2D eigenvalue weighted by Crippen LogP contribution is 2.42. The van der Waals surface area contributed by atoms with Crippen molar-refractivity contribution in [2.24, 2.45) is 11.3 Å². The average Bonchev–Trinajstić information content (AvgIpc) is 3.74. The maximum absolute atomic E-state index is 13.5. The van der Waals surface area contributed by atoms with E-state index in [4.69, 9.17) is 4.98 Å². The maximum Gasteiger partial charge on any atom is 0.168 e. The van der Waals surface area contributed by atoms with Crippen LogP contribution in [0.1, 0.15) is 79.1 Å². The fourth-order valence-corrected chi connectivity index (χ4v) is 7.05. The molecule has 38 heavy (non-hydrogen) atoms. The van der Waals surface area contributed by atoms with Gasteiger partial charge in [-0.1, -0.05) is 19.3 Å². The zero-order chi connectivity index (χ0) is 25.8. The van der Waals surface area contributed by atoms with E-state index in [1.807, 2.05) is 12.1 Å². The van der Waals surface area contributed by atoms with Gasteiger partial charge < -0.3 is 14.9 Å². The van der Waals surface area contributed by atoms with Gasteiger partial charge in [0.1, 0.15) is 11.6 Å². The van der Waals surface area contributed by atoms with E-state index in [9.17, 15) is 4.79 Å². The number of hydrogen-bond donors (Lipinski definition) is 2. The van der Waals surface area contributed by atoms with Crippen LogP contribution in [0.25, 0.3) is 0 Å². The number of likely N-dealkylation sites (tertiary alicyclic amines) is 2. The van der Waals surface area contributed by atoms with Gasteiger partial charge in [0.05, 0.1) is 5.69 Å². The molecule has 8 nitrogen and oxygen atoms in total. The summed E-state index contributed by atoms with van der Waals surface area (Å²) in [6.45, 7) is 5.77. The first kappa shape index (κ1) is 25.4. The van der Waals surface area contributed by atoms with Crippen LogP contribution in [0.2, 0.25) is 0 Å². The molecule has 1 saturated carbocycles. The van der Waals surface area contributed by atoms with E-state index in [0.717, 1.165) is 36.5 Å². The van der Waals surface area contributed by atoms with Crippen molar-refractivity contribution in [1.29, 1.82) is 0 Å². The Bertz CT molecular complexity index is 1110. The summed E-state index contributed by atoms with van der Waals surface area (Å²) in [6, 6.07) is 4.85. The van der Waals surface area contributed by atoms with Gasteiger partial charge in [0.15, 0.2) is 5.78 Å². The number of carbonyl (C=O) groups is 1. The lowest BCUT2D eigenvalue weighted by molar-refractivity contribution is 0.0614. The summed E-state index contributed by atoms with van der Waals surface area (Å²) in [5.41, 5.74) is 2.20. The second kappa shape index (κ2) is 11.5. The fourth-order valence-electron chi connectivity index (χ4n) is 7.05. The van der Waals surface area contributed by atoms with Crippen LogP contribution in [0.3, 0.4) is 0 Å². The lowest BCUT2D eigenvalue weighted by Crippen LogP contribution is -2.46. The third-order valence-corrected chi connectivity index (χ3v) is 9.32. The highest BCUT2D eigenvalue weighted by Gasteiger charge is 2.41. The minimum absolute atomic E-state index is 0.0849. The zero-order valence-corrected chi connectivity index (χ0v) is 22.4. The molecule has 5 heterocycles. The molecule has 6 rings (SSSR count). The Morgan fingerprint density at radius 1 is 0.921 bits per heavy atom. The van der Waals surface area contributed by atoms with Crippen molar-refractivity contribution >= 4 is 5.78 Å². The van der Waals surface area contributed by atoms with Gasteiger partial charge >= 0.3 is 0 Å².